The zero-order chi connectivity index (χ0) is 16.0. The minimum Gasteiger partial charge on any atom is -0.396 e. The van der Waals surface area contributed by atoms with E-state index in [0.29, 0.717) is 6.61 Å². The third-order valence-electron chi connectivity index (χ3n) is 5.48. The van der Waals surface area contributed by atoms with E-state index in [0.717, 1.165) is 39.0 Å². The van der Waals surface area contributed by atoms with Crippen LogP contribution in [0.5, 0.6) is 0 Å². The van der Waals surface area contributed by atoms with E-state index in [1.807, 2.05) is 0 Å². The molecule has 1 aromatic rings. The maximum Gasteiger partial charge on any atom is 0.0500 e. The van der Waals surface area contributed by atoms with E-state index in [1.54, 1.807) is 0 Å². The summed E-state index contributed by atoms with van der Waals surface area (Å²) >= 11 is 0. The van der Waals surface area contributed by atoms with Gasteiger partial charge in [-0.3, -0.25) is 4.90 Å². The van der Waals surface area contributed by atoms with Crippen molar-refractivity contribution >= 4 is 6.08 Å². The summed E-state index contributed by atoms with van der Waals surface area (Å²) in [6, 6.07) is 10.5. The molecule has 3 heteroatoms. The zero-order valence-electron chi connectivity index (χ0n) is 14.2. The fraction of sp³-hybridized carbons (Fsp3) is 0.600. The third-order valence-corrected chi connectivity index (χ3v) is 5.48. The first-order valence-corrected chi connectivity index (χ1v) is 9.07. The summed E-state index contributed by atoms with van der Waals surface area (Å²) in [5.74, 6) is 0. The molecule has 2 aliphatic heterocycles. The molecule has 0 unspecified atom stereocenters. The molecule has 3 rings (SSSR count). The molecule has 0 aromatic heterocycles. The fourth-order valence-corrected chi connectivity index (χ4v) is 3.89. The highest BCUT2D eigenvalue weighted by Gasteiger charge is 2.35. The molecule has 2 fully saturated rings. The average molecular weight is 314 g/mol. The molecule has 2 heterocycles. The number of likely N-dealkylation sites (tertiary alicyclic amines) is 2. The summed E-state index contributed by atoms with van der Waals surface area (Å²) in [5, 5.41) is 9.95. The maximum absolute atomic E-state index is 9.95. The molecule has 2 aliphatic rings. The van der Waals surface area contributed by atoms with E-state index in [-0.39, 0.29) is 5.41 Å². The van der Waals surface area contributed by atoms with Crippen molar-refractivity contribution < 1.29 is 5.11 Å². The van der Waals surface area contributed by atoms with Crippen LogP contribution in [-0.4, -0.2) is 60.8 Å². The molecule has 0 atom stereocenters. The molecule has 1 aromatic carbocycles. The summed E-state index contributed by atoms with van der Waals surface area (Å²) in [6.45, 7) is 7.12. The third kappa shape index (κ3) is 4.66. The van der Waals surface area contributed by atoms with Gasteiger partial charge in [-0.15, -0.1) is 0 Å². The number of piperidine rings is 1. The van der Waals surface area contributed by atoms with E-state index in [4.69, 9.17) is 0 Å². The highest BCUT2D eigenvalue weighted by Crippen LogP contribution is 2.33. The van der Waals surface area contributed by atoms with E-state index in [9.17, 15) is 5.11 Å². The maximum atomic E-state index is 9.95. The van der Waals surface area contributed by atoms with Gasteiger partial charge in [0, 0.05) is 18.5 Å². The molecule has 0 radical (unpaired) electrons. The number of aliphatic hydroxyl groups excluding tert-OH is 1. The van der Waals surface area contributed by atoms with Crippen LogP contribution >= 0.6 is 0 Å². The lowest BCUT2D eigenvalue weighted by atomic mass is 9.78. The van der Waals surface area contributed by atoms with Crippen molar-refractivity contribution in [2.24, 2.45) is 5.41 Å². The van der Waals surface area contributed by atoms with Gasteiger partial charge < -0.3 is 10.0 Å². The topological polar surface area (TPSA) is 26.7 Å². The molecule has 3 nitrogen and oxygen atoms in total. The lowest BCUT2D eigenvalue weighted by molar-refractivity contribution is 0.0218. The summed E-state index contributed by atoms with van der Waals surface area (Å²) in [4.78, 5) is 5.07. The van der Waals surface area contributed by atoms with Crippen LogP contribution in [0.4, 0.5) is 0 Å². The van der Waals surface area contributed by atoms with Crippen LogP contribution in [0.25, 0.3) is 6.08 Å². The molecule has 23 heavy (non-hydrogen) atoms. The van der Waals surface area contributed by atoms with Crippen LogP contribution in [0.3, 0.4) is 0 Å². The molecular formula is C20H30N2O. The Morgan fingerprint density at radius 1 is 0.957 bits per heavy atom. The van der Waals surface area contributed by atoms with Crippen molar-refractivity contribution in [3.05, 3.63) is 42.0 Å². The Hall–Kier alpha value is -1.16. The van der Waals surface area contributed by atoms with Crippen molar-refractivity contribution in [2.45, 2.75) is 25.7 Å². The molecule has 0 saturated carbocycles. The van der Waals surface area contributed by atoms with Crippen LogP contribution in [0.15, 0.2) is 36.4 Å². The van der Waals surface area contributed by atoms with Gasteiger partial charge >= 0.3 is 0 Å². The molecule has 0 bridgehead atoms. The predicted octanol–water partition coefficient (Wildman–Crippen LogP) is 2.87. The van der Waals surface area contributed by atoms with Crippen LogP contribution < -0.4 is 0 Å². The van der Waals surface area contributed by atoms with Crippen molar-refractivity contribution in [2.75, 3.05) is 45.9 Å². The van der Waals surface area contributed by atoms with E-state index in [2.05, 4.69) is 52.3 Å². The average Bonchev–Trinajstić information content (AvgIpc) is 3.10. The largest absolute Gasteiger partial charge is 0.396 e. The quantitative estimate of drug-likeness (QED) is 0.874. The Kier molecular flexibility index (Phi) is 5.87. The van der Waals surface area contributed by atoms with Crippen LogP contribution in [0, 0.1) is 5.41 Å². The number of nitrogens with zero attached hydrogens (tertiary/aromatic N) is 2. The second kappa shape index (κ2) is 8.09. The number of hydrogen-bond acceptors (Lipinski definition) is 3. The van der Waals surface area contributed by atoms with Crippen molar-refractivity contribution in [1.82, 2.24) is 9.80 Å². The highest BCUT2D eigenvalue weighted by molar-refractivity contribution is 5.48. The Bertz CT molecular complexity index is 486. The summed E-state index contributed by atoms with van der Waals surface area (Å²) in [6.07, 6.45) is 9.38. The summed E-state index contributed by atoms with van der Waals surface area (Å²) in [5.41, 5.74) is 1.41. The molecule has 0 amide bonds. The lowest BCUT2D eigenvalue weighted by Crippen LogP contribution is -2.47. The Balaban J connectivity index is 1.46. The molecule has 126 valence electrons. The van der Waals surface area contributed by atoms with Gasteiger partial charge in [-0.25, -0.2) is 0 Å². The second-order valence-corrected chi connectivity index (χ2v) is 7.26. The van der Waals surface area contributed by atoms with Gasteiger partial charge in [-0.2, -0.15) is 0 Å². The lowest BCUT2D eigenvalue weighted by Gasteiger charge is -2.42. The fourth-order valence-electron chi connectivity index (χ4n) is 3.89. The van der Waals surface area contributed by atoms with Crippen LogP contribution in [0.2, 0.25) is 0 Å². The van der Waals surface area contributed by atoms with Crippen molar-refractivity contribution in [1.29, 1.82) is 0 Å². The first kappa shape index (κ1) is 16.7. The highest BCUT2D eigenvalue weighted by atomic mass is 16.3. The minimum atomic E-state index is 0.143. The molecule has 2 saturated heterocycles. The standard InChI is InChI=1S/C20H30N2O/c23-18-20(17-22-12-4-5-13-22)10-15-21(16-11-20)14-6-9-19-7-2-1-3-8-19/h1-3,6-9,23H,4-5,10-18H2/b9-6+. The van der Waals surface area contributed by atoms with E-state index in [1.165, 1.54) is 31.5 Å². The SMILES string of the molecule is OCC1(CN2CCCC2)CCN(C/C=C/c2ccccc2)CC1. The Labute approximate surface area is 140 Å². The number of hydrogen-bond donors (Lipinski definition) is 1. The first-order chi connectivity index (χ1) is 11.3. The molecule has 0 aliphatic carbocycles. The normalized spacial score (nSPS) is 22.8. The first-order valence-electron chi connectivity index (χ1n) is 9.07. The minimum absolute atomic E-state index is 0.143. The number of aliphatic hydroxyl groups is 1. The second-order valence-electron chi connectivity index (χ2n) is 7.26. The van der Waals surface area contributed by atoms with Crippen molar-refractivity contribution in [3.63, 3.8) is 0 Å². The molecular weight excluding hydrogens is 284 g/mol. The molecule has 0 spiro atoms. The van der Waals surface area contributed by atoms with Gasteiger partial charge in [0.25, 0.3) is 0 Å². The van der Waals surface area contributed by atoms with E-state index < -0.39 is 0 Å². The van der Waals surface area contributed by atoms with Gasteiger partial charge in [0.1, 0.15) is 0 Å². The van der Waals surface area contributed by atoms with Crippen LogP contribution in [0.1, 0.15) is 31.2 Å². The summed E-state index contributed by atoms with van der Waals surface area (Å²) in [7, 11) is 0. The number of rotatable bonds is 6. The summed E-state index contributed by atoms with van der Waals surface area (Å²) < 4.78 is 0. The van der Waals surface area contributed by atoms with Gasteiger partial charge in [0.2, 0.25) is 0 Å². The van der Waals surface area contributed by atoms with E-state index >= 15 is 0 Å². The predicted molar refractivity (Wildman–Crippen MR) is 96.3 cm³/mol. The van der Waals surface area contributed by atoms with Gasteiger partial charge in [0.05, 0.1) is 6.61 Å². The van der Waals surface area contributed by atoms with Crippen molar-refractivity contribution in [3.8, 4) is 0 Å². The van der Waals surface area contributed by atoms with Crippen LogP contribution in [-0.2, 0) is 0 Å². The Morgan fingerprint density at radius 3 is 2.30 bits per heavy atom. The van der Waals surface area contributed by atoms with Gasteiger partial charge in [-0.1, -0.05) is 42.5 Å². The van der Waals surface area contributed by atoms with Gasteiger partial charge in [-0.05, 0) is 57.4 Å². The zero-order valence-corrected chi connectivity index (χ0v) is 14.2. The monoisotopic (exact) mass is 314 g/mol. The smallest absolute Gasteiger partial charge is 0.0500 e. The number of benzene rings is 1. The molecule has 1 N–H and O–H groups in total. The Morgan fingerprint density at radius 2 is 1.65 bits per heavy atom. The van der Waals surface area contributed by atoms with Gasteiger partial charge in [0.15, 0.2) is 0 Å².